The lowest BCUT2D eigenvalue weighted by molar-refractivity contribution is -0.132. The van der Waals surface area contributed by atoms with Crippen molar-refractivity contribution in [2.75, 3.05) is 32.8 Å². The largest absolute Gasteiger partial charge is 0.494 e. The average molecular weight is 437 g/mol. The van der Waals surface area contributed by atoms with Crippen molar-refractivity contribution in [3.05, 3.63) is 53.9 Å². The molecule has 0 bridgehead atoms. The van der Waals surface area contributed by atoms with E-state index in [4.69, 9.17) is 4.74 Å². The monoisotopic (exact) mass is 436 g/mol. The van der Waals surface area contributed by atoms with Crippen LogP contribution in [0, 0.1) is 5.92 Å². The fourth-order valence-corrected chi connectivity index (χ4v) is 4.57. The highest BCUT2D eigenvalue weighted by atomic mass is 16.5. The SMILES string of the molecule is O=C(Cc1cccnn1)N1CCN(C(=O)c2cccc(OCCC3CCCCC3)c2)CC1. The molecule has 0 spiro atoms. The van der Waals surface area contributed by atoms with Crippen molar-refractivity contribution < 1.29 is 14.3 Å². The minimum Gasteiger partial charge on any atom is -0.494 e. The molecule has 0 N–H and O–H groups in total. The number of benzene rings is 1. The summed E-state index contributed by atoms with van der Waals surface area (Å²) in [6.45, 7) is 2.81. The summed E-state index contributed by atoms with van der Waals surface area (Å²) in [5, 5.41) is 7.80. The van der Waals surface area contributed by atoms with Crippen LogP contribution in [-0.4, -0.2) is 64.6 Å². The smallest absolute Gasteiger partial charge is 0.254 e. The van der Waals surface area contributed by atoms with Crippen LogP contribution in [0.1, 0.15) is 54.6 Å². The highest BCUT2D eigenvalue weighted by Crippen LogP contribution is 2.26. The summed E-state index contributed by atoms with van der Waals surface area (Å²) in [5.41, 5.74) is 1.30. The van der Waals surface area contributed by atoms with Gasteiger partial charge >= 0.3 is 0 Å². The standard InChI is InChI=1S/C25H32N4O3/c30-24(19-22-9-5-12-26-27-22)28-13-15-29(16-14-28)25(31)21-8-4-10-23(18-21)32-17-11-20-6-2-1-3-7-20/h4-5,8-10,12,18,20H,1-3,6-7,11,13-17,19H2. The van der Waals surface area contributed by atoms with E-state index < -0.39 is 0 Å². The van der Waals surface area contributed by atoms with Gasteiger partial charge in [-0.05, 0) is 42.7 Å². The average Bonchev–Trinajstić information content (AvgIpc) is 2.85. The zero-order chi connectivity index (χ0) is 22.2. The molecule has 7 heteroatoms. The predicted octanol–water partition coefficient (Wildman–Crippen LogP) is 3.35. The molecule has 2 fully saturated rings. The van der Waals surface area contributed by atoms with E-state index in [1.54, 1.807) is 23.2 Å². The molecule has 4 rings (SSSR count). The quantitative estimate of drug-likeness (QED) is 0.665. The molecule has 170 valence electrons. The van der Waals surface area contributed by atoms with Crippen LogP contribution in [0.25, 0.3) is 0 Å². The van der Waals surface area contributed by atoms with Crippen LogP contribution < -0.4 is 4.74 Å². The minimum atomic E-state index is -0.0104. The second-order valence-electron chi connectivity index (χ2n) is 8.73. The Morgan fingerprint density at radius 3 is 2.50 bits per heavy atom. The number of rotatable bonds is 7. The van der Waals surface area contributed by atoms with E-state index in [-0.39, 0.29) is 18.2 Å². The summed E-state index contributed by atoms with van der Waals surface area (Å²) in [7, 11) is 0. The molecular weight excluding hydrogens is 404 g/mol. The molecule has 1 saturated carbocycles. The number of piperazine rings is 1. The van der Waals surface area contributed by atoms with E-state index in [1.165, 1.54) is 32.1 Å². The number of hydrogen-bond acceptors (Lipinski definition) is 5. The van der Waals surface area contributed by atoms with Crippen molar-refractivity contribution >= 4 is 11.8 Å². The first kappa shape index (κ1) is 22.2. The fourth-order valence-electron chi connectivity index (χ4n) is 4.57. The van der Waals surface area contributed by atoms with Gasteiger partial charge in [-0.1, -0.05) is 38.2 Å². The van der Waals surface area contributed by atoms with Crippen molar-refractivity contribution in [1.29, 1.82) is 0 Å². The third-order valence-corrected chi connectivity index (χ3v) is 6.48. The fraction of sp³-hybridized carbons (Fsp3) is 0.520. The molecule has 2 aromatic rings. The van der Waals surface area contributed by atoms with Crippen LogP contribution in [-0.2, 0) is 11.2 Å². The number of aromatic nitrogens is 2. The second-order valence-corrected chi connectivity index (χ2v) is 8.73. The molecule has 1 aliphatic heterocycles. The molecule has 1 saturated heterocycles. The van der Waals surface area contributed by atoms with Crippen LogP contribution in [0.2, 0.25) is 0 Å². The first-order valence-electron chi connectivity index (χ1n) is 11.8. The van der Waals surface area contributed by atoms with E-state index in [9.17, 15) is 9.59 Å². The lowest BCUT2D eigenvalue weighted by atomic mass is 9.87. The van der Waals surface area contributed by atoms with Gasteiger partial charge in [0.05, 0.1) is 18.7 Å². The number of nitrogens with zero attached hydrogens (tertiary/aromatic N) is 4. The van der Waals surface area contributed by atoms with Crippen molar-refractivity contribution in [3.8, 4) is 5.75 Å². The summed E-state index contributed by atoms with van der Waals surface area (Å²) < 4.78 is 5.96. The molecule has 7 nitrogen and oxygen atoms in total. The van der Waals surface area contributed by atoms with Gasteiger partial charge in [0.25, 0.3) is 5.91 Å². The number of ether oxygens (including phenoxy) is 1. The van der Waals surface area contributed by atoms with E-state index >= 15 is 0 Å². The molecule has 2 heterocycles. The van der Waals surface area contributed by atoms with Gasteiger partial charge < -0.3 is 14.5 Å². The van der Waals surface area contributed by atoms with Crippen molar-refractivity contribution in [2.24, 2.45) is 5.92 Å². The highest BCUT2D eigenvalue weighted by molar-refractivity contribution is 5.94. The Hall–Kier alpha value is -2.96. The molecule has 1 aromatic carbocycles. The Kier molecular flexibility index (Phi) is 7.69. The Labute approximate surface area is 189 Å². The molecule has 1 aromatic heterocycles. The second kappa shape index (κ2) is 11.1. The summed E-state index contributed by atoms with van der Waals surface area (Å²) in [6.07, 6.45) is 9.59. The summed E-state index contributed by atoms with van der Waals surface area (Å²) >= 11 is 0. The first-order chi connectivity index (χ1) is 15.7. The molecule has 0 radical (unpaired) electrons. The van der Waals surface area contributed by atoms with Crippen molar-refractivity contribution in [2.45, 2.75) is 44.9 Å². The number of amides is 2. The van der Waals surface area contributed by atoms with Gasteiger partial charge in [0.1, 0.15) is 5.75 Å². The molecule has 1 aliphatic carbocycles. The minimum absolute atomic E-state index is 0.0104. The first-order valence-corrected chi connectivity index (χ1v) is 11.8. The van der Waals surface area contributed by atoms with Gasteiger partial charge in [0.15, 0.2) is 0 Å². The van der Waals surface area contributed by atoms with Crippen LogP contribution in [0.3, 0.4) is 0 Å². The Bertz CT molecular complexity index is 891. The number of carbonyl (C=O) groups excluding carboxylic acids is 2. The Morgan fingerprint density at radius 1 is 0.969 bits per heavy atom. The zero-order valence-corrected chi connectivity index (χ0v) is 18.6. The maximum absolute atomic E-state index is 13.0. The van der Waals surface area contributed by atoms with Crippen molar-refractivity contribution in [1.82, 2.24) is 20.0 Å². The topological polar surface area (TPSA) is 75.6 Å². The highest BCUT2D eigenvalue weighted by Gasteiger charge is 2.25. The van der Waals surface area contributed by atoms with E-state index in [0.717, 1.165) is 18.1 Å². The summed E-state index contributed by atoms with van der Waals surface area (Å²) in [6, 6.07) is 11.1. The number of hydrogen-bond donors (Lipinski definition) is 0. The Morgan fingerprint density at radius 2 is 1.75 bits per heavy atom. The van der Waals surface area contributed by atoms with E-state index in [1.807, 2.05) is 29.2 Å². The van der Waals surface area contributed by atoms with Crippen LogP contribution >= 0.6 is 0 Å². The lowest BCUT2D eigenvalue weighted by Crippen LogP contribution is -2.51. The van der Waals surface area contributed by atoms with Gasteiger partial charge in [-0.25, -0.2) is 0 Å². The van der Waals surface area contributed by atoms with Gasteiger partial charge in [0.2, 0.25) is 5.91 Å². The Balaban J connectivity index is 1.24. The van der Waals surface area contributed by atoms with Crippen molar-refractivity contribution in [3.63, 3.8) is 0 Å². The molecule has 2 amide bonds. The summed E-state index contributed by atoms with van der Waals surface area (Å²) in [4.78, 5) is 29.1. The molecule has 0 unspecified atom stereocenters. The van der Waals surface area contributed by atoms with Crippen LogP contribution in [0.15, 0.2) is 42.6 Å². The van der Waals surface area contributed by atoms with E-state index in [2.05, 4.69) is 10.2 Å². The zero-order valence-electron chi connectivity index (χ0n) is 18.6. The summed E-state index contributed by atoms with van der Waals surface area (Å²) in [5.74, 6) is 1.54. The van der Waals surface area contributed by atoms with Gasteiger partial charge in [-0.2, -0.15) is 10.2 Å². The van der Waals surface area contributed by atoms with Gasteiger partial charge in [-0.15, -0.1) is 0 Å². The molecule has 2 aliphatic rings. The normalized spacial score (nSPS) is 17.2. The van der Waals surface area contributed by atoms with Gasteiger partial charge in [-0.3, -0.25) is 9.59 Å². The maximum Gasteiger partial charge on any atom is 0.254 e. The number of carbonyl (C=O) groups is 2. The third kappa shape index (κ3) is 6.05. The molecule has 0 atom stereocenters. The van der Waals surface area contributed by atoms with Crippen LogP contribution in [0.4, 0.5) is 0 Å². The van der Waals surface area contributed by atoms with Gasteiger partial charge in [0, 0.05) is 37.9 Å². The van der Waals surface area contributed by atoms with Crippen LogP contribution in [0.5, 0.6) is 5.75 Å². The maximum atomic E-state index is 13.0. The lowest BCUT2D eigenvalue weighted by Gasteiger charge is -2.34. The third-order valence-electron chi connectivity index (χ3n) is 6.48. The predicted molar refractivity (Wildman–Crippen MR) is 121 cm³/mol. The molecular formula is C25H32N4O3. The molecule has 32 heavy (non-hydrogen) atoms. The van der Waals surface area contributed by atoms with E-state index in [0.29, 0.717) is 44.0 Å².